The van der Waals surface area contributed by atoms with E-state index in [0.29, 0.717) is 6.42 Å². The highest BCUT2D eigenvalue weighted by Crippen LogP contribution is 2.15. The van der Waals surface area contributed by atoms with Gasteiger partial charge in [-0.15, -0.1) is 0 Å². The first-order chi connectivity index (χ1) is 9.12. The molecule has 0 fully saturated rings. The van der Waals surface area contributed by atoms with Crippen molar-refractivity contribution in [2.75, 3.05) is 0 Å². The summed E-state index contributed by atoms with van der Waals surface area (Å²) in [4.78, 5) is 0. The second-order valence-electron chi connectivity index (χ2n) is 5.89. The van der Waals surface area contributed by atoms with Crippen molar-refractivity contribution < 1.29 is 10.3 Å². The fourth-order valence-corrected chi connectivity index (χ4v) is 2.34. The van der Waals surface area contributed by atoms with Crippen molar-refractivity contribution in [3.05, 3.63) is 0 Å². The van der Waals surface area contributed by atoms with Gasteiger partial charge in [-0.1, -0.05) is 82.7 Å². The van der Waals surface area contributed by atoms with Crippen molar-refractivity contribution in [3.63, 3.8) is 0 Å². The summed E-state index contributed by atoms with van der Waals surface area (Å²) in [5.74, 6) is 0. The molecule has 3 heteroatoms. The predicted octanol–water partition coefficient (Wildman–Crippen LogP) is 4.90. The van der Waals surface area contributed by atoms with E-state index in [4.69, 9.17) is 5.21 Å². The van der Waals surface area contributed by atoms with Crippen LogP contribution in [-0.2, 0) is 0 Å². The molecule has 0 saturated heterocycles. The highest BCUT2D eigenvalue weighted by atomic mass is 16.4. The lowest BCUT2D eigenvalue weighted by molar-refractivity contribution is 0.120. The maximum absolute atomic E-state index is 9.75. The molecule has 3 nitrogen and oxygen atoms in total. The molecule has 0 amide bonds. The van der Waals surface area contributed by atoms with Gasteiger partial charge in [0, 0.05) is 0 Å². The van der Waals surface area contributed by atoms with Gasteiger partial charge < -0.3 is 10.3 Å². The Morgan fingerprint density at radius 1 is 0.842 bits per heavy atom. The molecule has 0 aromatic heterocycles. The van der Waals surface area contributed by atoms with Crippen molar-refractivity contribution in [3.8, 4) is 0 Å². The zero-order valence-corrected chi connectivity index (χ0v) is 12.9. The zero-order chi connectivity index (χ0) is 14.4. The summed E-state index contributed by atoms with van der Waals surface area (Å²) in [5.41, 5.74) is -0.950. The molecular weight excluding hydrogens is 238 g/mol. The van der Waals surface area contributed by atoms with E-state index >= 15 is 0 Å². The smallest absolute Gasteiger partial charge is 0.100 e. The topological polar surface area (TPSA) is 52.8 Å². The van der Waals surface area contributed by atoms with Gasteiger partial charge in [0.05, 0.1) is 6.21 Å². The van der Waals surface area contributed by atoms with Crippen molar-refractivity contribution in [1.82, 2.24) is 0 Å². The first-order valence-electron chi connectivity index (χ1n) is 8.03. The Morgan fingerprint density at radius 2 is 1.26 bits per heavy atom. The molecule has 0 aromatic rings. The lowest BCUT2D eigenvalue weighted by atomic mass is 9.98. The molecule has 0 heterocycles. The predicted molar refractivity (Wildman–Crippen MR) is 82.0 cm³/mol. The summed E-state index contributed by atoms with van der Waals surface area (Å²) in [7, 11) is 0. The molecular formula is C16H33NO2. The third-order valence-electron chi connectivity index (χ3n) is 3.62. The largest absolute Gasteiger partial charge is 0.411 e. The van der Waals surface area contributed by atoms with Crippen LogP contribution in [0.15, 0.2) is 5.16 Å². The van der Waals surface area contributed by atoms with E-state index in [-0.39, 0.29) is 0 Å². The molecule has 1 atom stereocenters. The van der Waals surface area contributed by atoms with Crippen molar-refractivity contribution >= 4 is 6.21 Å². The van der Waals surface area contributed by atoms with Crippen LogP contribution < -0.4 is 0 Å². The first kappa shape index (κ1) is 18.4. The fraction of sp³-hybridized carbons (Fsp3) is 0.938. The number of hydrogen-bond acceptors (Lipinski definition) is 3. The van der Waals surface area contributed by atoms with Crippen LogP contribution >= 0.6 is 0 Å². The summed E-state index contributed by atoms with van der Waals surface area (Å²) >= 11 is 0. The Morgan fingerprint density at radius 3 is 1.68 bits per heavy atom. The van der Waals surface area contributed by atoms with Gasteiger partial charge >= 0.3 is 0 Å². The quantitative estimate of drug-likeness (QED) is 0.217. The van der Waals surface area contributed by atoms with Crippen LogP contribution in [0.2, 0.25) is 0 Å². The number of unbranched alkanes of at least 4 members (excludes halogenated alkanes) is 10. The van der Waals surface area contributed by atoms with Crippen LogP contribution in [0.25, 0.3) is 0 Å². The molecule has 2 N–H and O–H groups in total. The Hall–Kier alpha value is -0.570. The number of oxime groups is 1. The minimum atomic E-state index is -0.950. The molecule has 114 valence electrons. The van der Waals surface area contributed by atoms with Gasteiger partial charge in [-0.25, -0.2) is 0 Å². The minimum Gasteiger partial charge on any atom is -0.411 e. The van der Waals surface area contributed by atoms with Crippen molar-refractivity contribution in [2.45, 2.75) is 96.5 Å². The normalized spacial score (nSPS) is 14.9. The number of aliphatic hydroxyl groups is 1. The van der Waals surface area contributed by atoms with Gasteiger partial charge in [-0.2, -0.15) is 0 Å². The van der Waals surface area contributed by atoms with E-state index in [0.717, 1.165) is 12.8 Å². The van der Waals surface area contributed by atoms with Crippen molar-refractivity contribution in [1.29, 1.82) is 0 Å². The van der Waals surface area contributed by atoms with E-state index < -0.39 is 5.60 Å². The standard InChI is InChI=1S/C16H33NO2/c1-3-4-5-6-7-8-9-10-11-12-13-14-16(2,18)15-17-19/h15,18-19H,3-14H2,1-2H3. The van der Waals surface area contributed by atoms with Gasteiger partial charge in [0.1, 0.15) is 5.60 Å². The molecule has 0 rings (SSSR count). The van der Waals surface area contributed by atoms with E-state index in [1.807, 2.05) is 0 Å². The lowest BCUT2D eigenvalue weighted by Gasteiger charge is -2.16. The summed E-state index contributed by atoms with van der Waals surface area (Å²) in [6, 6.07) is 0. The Labute approximate surface area is 119 Å². The Kier molecular flexibility index (Phi) is 12.1. The summed E-state index contributed by atoms with van der Waals surface area (Å²) in [5, 5.41) is 21.0. The SMILES string of the molecule is CCCCCCCCCCCCCC(C)(O)C=NO. The maximum atomic E-state index is 9.75. The van der Waals surface area contributed by atoms with Crippen LogP contribution in [0.4, 0.5) is 0 Å². The summed E-state index contributed by atoms with van der Waals surface area (Å²) in [6.07, 6.45) is 16.2. The van der Waals surface area contributed by atoms with E-state index in [1.54, 1.807) is 6.92 Å². The number of hydrogen-bond donors (Lipinski definition) is 2. The van der Waals surface area contributed by atoms with Gasteiger partial charge in [-0.05, 0) is 13.3 Å². The molecule has 19 heavy (non-hydrogen) atoms. The third kappa shape index (κ3) is 13.7. The second-order valence-corrected chi connectivity index (χ2v) is 5.89. The van der Waals surface area contributed by atoms with Crippen LogP contribution in [0.5, 0.6) is 0 Å². The van der Waals surface area contributed by atoms with Crippen LogP contribution in [0, 0.1) is 0 Å². The van der Waals surface area contributed by atoms with Crippen LogP contribution in [-0.4, -0.2) is 22.1 Å². The highest BCUT2D eigenvalue weighted by Gasteiger charge is 2.16. The van der Waals surface area contributed by atoms with Crippen molar-refractivity contribution in [2.24, 2.45) is 5.16 Å². The zero-order valence-electron chi connectivity index (χ0n) is 12.9. The molecule has 1 unspecified atom stereocenters. The molecule has 0 aliphatic heterocycles. The molecule has 0 aliphatic carbocycles. The third-order valence-corrected chi connectivity index (χ3v) is 3.62. The van der Waals surface area contributed by atoms with Gasteiger partial charge in [0.2, 0.25) is 0 Å². The second kappa shape index (κ2) is 12.5. The molecule has 0 saturated carbocycles. The monoisotopic (exact) mass is 271 g/mol. The van der Waals surface area contributed by atoms with Crippen LogP contribution in [0.3, 0.4) is 0 Å². The minimum absolute atomic E-state index is 0.675. The Balaban J connectivity index is 3.19. The van der Waals surface area contributed by atoms with E-state index in [2.05, 4.69) is 12.1 Å². The van der Waals surface area contributed by atoms with Gasteiger partial charge in [0.25, 0.3) is 0 Å². The summed E-state index contributed by atoms with van der Waals surface area (Å²) in [6.45, 7) is 3.94. The van der Waals surface area contributed by atoms with E-state index in [1.165, 1.54) is 64.0 Å². The highest BCUT2D eigenvalue weighted by molar-refractivity contribution is 5.66. The molecule has 0 spiro atoms. The average molecular weight is 271 g/mol. The molecule has 0 aromatic carbocycles. The fourth-order valence-electron chi connectivity index (χ4n) is 2.34. The maximum Gasteiger partial charge on any atom is 0.100 e. The number of nitrogens with zero attached hydrogens (tertiary/aromatic N) is 1. The lowest BCUT2D eigenvalue weighted by Crippen LogP contribution is -2.25. The first-order valence-corrected chi connectivity index (χ1v) is 8.03. The summed E-state index contributed by atoms with van der Waals surface area (Å²) < 4.78 is 0. The Bertz CT molecular complexity index is 215. The molecule has 0 bridgehead atoms. The molecule has 0 radical (unpaired) electrons. The van der Waals surface area contributed by atoms with Gasteiger partial charge in [0.15, 0.2) is 0 Å². The van der Waals surface area contributed by atoms with E-state index in [9.17, 15) is 5.11 Å². The molecule has 0 aliphatic rings. The van der Waals surface area contributed by atoms with Crippen LogP contribution in [0.1, 0.15) is 90.9 Å². The average Bonchev–Trinajstić information content (AvgIpc) is 2.36. The van der Waals surface area contributed by atoms with Gasteiger partial charge in [-0.3, -0.25) is 0 Å². The number of rotatable bonds is 13.